The van der Waals surface area contributed by atoms with E-state index >= 15 is 0 Å². The van der Waals surface area contributed by atoms with Crippen molar-refractivity contribution in [3.05, 3.63) is 52.3 Å². The summed E-state index contributed by atoms with van der Waals surface area (Å²) >= 11 is 0. The van der Waals surface area contributed by atoms with Crippen molar-refractivity contribution in [2.24, 2.45) is 7.05 Å². The van der Waals surface area contributed by atoms with E-state index in [1.165, 1.54) is 5.56 Å². The van der Waals surface area contributed by atoms with E-state index in [0.717, 1.165) is 17.0 Å². The number of hydrogen-bond donors (Lipinski definition) is 1. The van der Waals surface area contributed by atoms with E-state index in [9.17, 15) is 4.79 Å². The van der Waals surface area contributed by atoms with Crippen molar-refractivity contribution in [1.29, 1.82) is 0 Å². The van der Waals surface area contributed by atoms with Crippen molar-refractivity contribution >= 4 is 5.91 Å². The number of hydrogen-bond acceptors (Lipinski definition) is 2. The fourth-order valence-electron chi connectivity index (χ4n) is 2.62. The Kier molecular flexibility index (Phi) is 4.69. The first-order valence-electron chi connectivity index (χ1n) is 7.72. The molecule has 0 spiro atoms. The minimum atomic E-state index is -0.0662. The standard InChI is InChI=1S/C18H25N3O/c1-11(2)15-7-9-16(10-8-15)12(3)19-18(22)17-13(4)20-21(6)14(17)5/h7-12H,1-6H3,(H,19,22)/t12-/m1/s1. The Morgan fingerprint density at radius 2 is 1.64 bits per heavy atom. The van der Waals surface area contributed by atoms with Crippen LogP contribution in [0.15, 0.2) is 24.3 Å². The topological polar surface area (TPSA) is 46.9 Å². The number of benzene rings is 1. The summed E-state index contributed by atoms with van der Waals surface area (Å²) in [4.78, 5) is 12.5. The molecule has 1 aromatic heterocycles. The third-order valence-electron chi connectivity index (χ3n) is 4.19. The van der Waals surface area contributed by atoms with E-state index in [2.05, 4.69) is 48.5 Å². The second-order valence-corrected chi connectivity index (χ2v) is 6.19. The third-order valence-corrected chi connectivity index (χ3v) is 4.19. The number of rotatable bonds is 4. The summed E-state index contributed by atoms with van der Waals surface area (Å²) in [7, 11) is 1.85. The van der Waals surface area contributed by atoms with Crippen molar-refractivity contribution in [1.82, 2.24) is 15.1 Å². The van der Waals surface area contributed by atoms with E-state index in [1.54, 1.807) is 4.68 Å². The quantitative estimate of drug-likeness (QED) is 0.936. The number of carbonyl (C=O) groups is 1. The maximum Gasteiger partial charge on any atom is 0.255 e. The van der Waals surface area contributed by atoms with E-state index in [0.29, 0.717) is 11.5 Å². The number of carbonyl (C=O) groups excluding carboxylic acids is 1. The van der Waals surface area contributed by atoms with Crippen molar-refractivity contribution in [3.63, 3.8) is 0 Å². The SMILES string of the molecule is Cc1nn(C)c(C)c1C(=O)N[C@H](C)c1ccc(C(C)C)cc1. The summed E-state index contributed by atoms with van der Waals surface area (Å²) in [5.41, 5.74) is 4.74. The monoisotopic (exact) mass is 299 g/mol. The van der Waals surface area contributed by atoms with Crippen LogP contribution in [0.3, 0.4) is 0 Å². The van der Waals surface area contributed by atoms with Crippen molar-refractivity contribution in [2.75, 3.05) is 0 Å². The van der Waals surface area contributed by atoms with Gasteiger partial charge in [0.2, 0.25) is 0 Å². The molecule has 0 bridgehead atoms. The Labute approximate surface area is 132 Å². The maximum atomic E-state index is 12.5. The van der Waals surface area contributed by atoms with Gasteiger partial charge in [-0.1, -0.05) is 38.1 Å². The van der Waals surface area contributed by atoms with Crippen LogP contribution in [0, 0.1) is 13.8 Å². The molecule has 0 aliphatic carbocycles. The number of amides is 1. The first-order chi connectivity index (χ1) is 10.3. The van der Waals surface area contributed by atoms with E-state index in [1.807, 2.05) is 27.8 Å². The minimum Gasteiger partial charge on any atom is -0.345 e. The number of aromatic nitrogens is 2. The van der Waals surface area contributed by atoms with Gasteiger partial charge in [0, 0.05) is 12.7 Å². The van der Waals surface area contributed by atoms with Crippen LogP contribution >= 0.6 is 0 Å². The molecule has 0 unspecified atom stereocenters. The summed E-state index contributed by atoms with van der Waals surface area (Å²) in [6.45, 7) is 10.1. The van der Waals surface area contributed by atoms with Crippen LogP contribution in [-0.2, 0) is 7.05 Å². The minimum absolute atomic E-state index is 0.0345. The van der Waals surface area contributed by atoms with Crippen LogP contribution in [0.1, 0.15) is 65.6 Å². The zero-order valence-electron chi connectivity index (χ0n) is 14.3. The molecule has 2 aromatic rings. The van der Waals surface area contributed by atoms with Gasteiger partial charge in [-0.3, -0.25) is 9.48 Å². The van der Waals surface area contributed by atoms with Gasteiger partial charge in [0.1, 0.15) is 0 Å². The van der Waals surface area contributed by atoms with Crippen molar-refractivity contribution < 1.29 is 4.79 Å². The average molecular weight is 299 g/mol. The summed E-state index contributed by atoms with van der Waals surface area (Å²) in [5, 5.41) is 7.36. The summed E-state index contributed by atoms with van der Waals surface area (Å²) in [6, 6.07) is 8.39. The fraction of sp³-hybridized carbons (Fsp3) is 0.444. The zero-order valence-corrected chi connectivity index (χ0v) is 14.3. The van der Waals surface area contributed by atoms with Gasteiger partial charge in [-0.25, -0.2) is 0 Å². The van der Waals surface area contributed by atoms with Gasteiger partial charge in [-0.05, 0) is 37.8 Å². The predicted octanol–water partition coefficient (Wildman–Crippen LogP) is 3.65. The van der Waals surface area contributed by atoms with Gasteiger partial charge >= 0.3 is 0 Å². The average Bonchev–Trinajstić information content (AvgIpc) is 2.72. The molecule has 0 radical (unpaired) electrons. The van der Waals surface area contributed by atoms with Crippen LogP contribution in [0.5, 0.6) is 0 Å². The third kappa shape index (κ3) is 3.21. The van der Waals surface area contributed by atoms with Crippen LogP contribution < -0.4 is 5.32 Å². The number of aryl methyl sites for hydroxylation is 2. The molecule has 1 heterocycles. The normalized spacial score (nSPS) is 12.5. The molecular formula is C18H25N3O. The van der Waals surface area contributed by atoms with Gasteiger partial charge in [-0.2, -0.15) is 5.10 Å². The Morgan fingerprint density at radius 1 is 1.09 bits per heavy atom. The highest BCUT2D eigenvalue weighted by Gasteiger charge is 2.19. The van der Waals surface area contributed by atoms with Crippen molar-refractivity contribution in [3.8, 4) is 0 Å². The summed E-state index contributed by atoms with van der Waals surface area (Å²) in [5.74, 6) is 0.447. The van der Waals surface area contributed by atoms with Gasteiger partial charge in [0.15, 0.2) is 0 Å². The molecule has 1 N–H and O–H groups in total. The van der Waals surface area contributed by atoms with E-state index < -0.39 is 0 Å². The molecule has 1 amide bonds. The van der Waals surface area contributed by atoms with Gasteiger partial charge in [0.05, 0.1) is 17.3 Å². The summed E-state index contributed by atoms with van der Waals surface area (Å²) < 4.78 is 1.74. The highest BCUT2D eigenvalue weighted by atomic mass is 16.1. The molecule has 0 fully saturated rings. The van der Waals surface area contributed by atoms with Crippen molar-refractivity contribution in [2.45, 2.75) is 46.6 Å². The molecule has 1 aromatic carbocycles. The van der Waals surface area contributed by atoms with E-state index in [-0.39, 0.29) is 11.9 Å². The number of nitrogens with zero attached hydrogens (tertiary/aromatic N) is 2. The first kappa shape index (κ1) is 16.3. The predicted molar refractivity (Wildman–Crippen MR) is 89.1 cm³/mol. The molecule has 4 heteroatoms. The van der Waals surface area contributed by atoms with Crippen LogP contribution in [0.2, 0.25) is 0 Å². The Morgan fingerprint density at radius 3 is 2.09 bits per heavy atom. The maximum absolute atomic E-state index is 12.5. The van der Waals surface area contributed by atoms with Gasteiger partial charge in [0.25, 0.3) is 5.91 Å². The largest absolute Gasteiger partial charge is 0.345 e. The lowest BCUT2D eigenvalue weighted by molar-refractivity contribution is 0.0938. The van der Waals surface area contributed by atoms with Crippen LogP contribution in [-0.4, -0.2) is 15.7 Å². The molecule has 4 nitrogen and oxygen atoms in total. The van der Waals surface area contributed by atoms with Crippen LogP contribution in [0.25, 0.3) is 0 Å². The molecule has 0 saturated carbocycles. The molecule has 0 aliphatic rings. The Balaban J connectivity index is 2.14. The highest BCUT2D eigenvalue weighted by molar-refractivity contribution is 5.96. The van der Waals surface area contributed by atoms with Crippen LogP contribution in [0.4, 0.5) is 0 Å². The van der Waals surface area contributed by atoms with Gasteiger partial charge < -0.3 is 5.32 Å². The molecule has 0 saturated heterocycles. The first-order valence-corrected chi connectivity index (χ1v) is 7.72. The van der Waals surface area contributed by atoms with Gasteiger partial charge in [-0.15, -0.1) is 0 Å². The second kappa shape index (κ2) is 6.34. The lowest BCUT2D eigenvalue weighted by Gasteiger charge is -2.16. The Bertz CT molecular complexity index is 668. The molecule has 2 rings (SSSR count). The fourth-order valence-corrected chi connectivity index (χ4v) is 2.62. The lowest BCUT2D eigenvalue weighted by atomic mass is 9.99. The number of nitrogens with one attached hydrogen (secondary N) is 1. The zero-order chi connectivity index (χ0) is 16.4. The lowest BCUT2D eigenvalue weighted by Crippen LogP contribution is -2.27. The molecule has 22 heavy (non-hydrogen) atoms. The Hall–Kier alpha value is -2.10. The molecule has 1 atom stereocenters. The molecular weight excluding hydrogens is 274 g/mol. The molecule has 118 valence electrons. The second-order valence-electron chi connectivity index (χ2n) is 6.19. The smallest absolute Gasteiger partial charge is 0.255 e. The molecule has 0 aliphatic heterocycles. The highest BCUT2D eigenvalue weighted by Crippen LogP contribution is 2.20. The summed E-state index contributed by atoms with van der Waals surface area (Å²) in [6.07, 6.45) is 0. The van der Waals surface area contributed by atoms with E-state index in [4.69, 9.17) is 0 Å².